The van der Waals surface area contributed by atoms with Crippen molar-refractivity contribution in [3.05, 3.63) is 77.3 Å². The van der Waals surface area contributed by atoms with E-state index in [0.717, 1.165) is 16.3 Å². The van der Waals surface area contributed by atoms with Gasteiger partial charge in [0.15, 0.2) is 5.11 Å². The maximum Gasteiger partial charge on any atom is 0.238 e. The first-order valence-corrected chi connectivity index (χ1v) is 10.6. The Morgan fingerprint density at radius 1 is 0.781 bits per heavy atom. The van der Waals surface area contributed by atoms with E-state index in [2.05, 4.69) is 21.5 Å². The van der Waals surface area contributed by atoms with Crippen molar-refractivity contribution in [2.45, 2.75) is 19.3 Å². The number of rotatable bonds is 6. The van der Waals surface area contributed by atoms with Crippen LogP contribution in [0, 0.1) is 0 Å². The topological polar surface area (TPSA) is 99.3 Å². The number of amides is 3. The number of anilines is 1. The van der Waals surface area contributed by atoms with E-state index in [1.807, 2.05) is 42.5 Å². The molecule has 4 N–H and O–H groups in total. The Hall–Kier alpha value is -3.49. The highest BCUT2D eigenvalue weighted by Crippen LogP contribution is 2.20. The van der Waals surface area contributed by atoms with Crippen molar-refractivity contribution in [1.29, 1.82) is 0 Å². The Labute approximate surface area is 195 Å². The second kappa shape index (κ2) is 11.2. The van der Waals surface area contributed by atoms with Gasteiger partial charge in [0.2, 0.25) is 17.7 Å². The van der Waals surface area contributed by atoms with Gasteiger partial charge in [-0.3, -0.25) is 25.2 Å². The fourth-order valence-electron chi connectivity index (χ4n) is 3.01. The number of nitrogens with one attached hydrogen (secondary N) is 4. The molecule has 3 rings (SSSR count). The number of benzene rings is 3. The number of para-hydroxylation sites is 1. The van der Waals surface area contributed by atoms with E-state index < -0.39 is 5.91 Å². The van der Waals surface area contributed by atoms with Crippen LogP contribution in [0.15, 0.2) is 66.7 Å². The Bertz CT molecular complexity index is 1160. The summed E-state index contributed by atoms with van der Waals surface area (Å²) in [5.74, 6) is -1.11. The van der Waals surface area contributed by atoms with E-state index in [1.54, 1.807) is 24.3 Å². The molecular weight excluding hydrogens is 448 g/mol. The van der Waals surface area contributed by atoms with Crippen LogP contribution in [0.2, 0.25) is 5.02 Å². The minimum atomic E-state index is -0.454. The van der Waals surface area contributed by atoms with E-state index in [0.29, 0.717) is 10.7 Å². The minimum Gasteiger partial charge on any atom is -0.325 e. The molecule has 0 fully saturated rings. The summed E-state index contributed by atoms with van der Waals surface area (Å²) in [4.78, 5) is 36.2. The van der Waals surface area contributed by atoms with E-state index in [-0.39, 0.29) is 36.2 Å². The van der Waals surface area contributed by atoms with Crippen LogP contribution in [-0.4, -0.2) is 22.8 Å². The van der Waals surface area contributed by atoms with Crippen LogP contribution in [0.5, 0.6) is 0 Å². The summed E-state index contributed by atoms with van der Waals surface area (Å²) >= 11 is 11.0. The van der Waals surface area contributed by atoms with Gasteiger partial charge in [0.05, 0.1) is 17.1 Å². The molecule has 0 heterocycles. The highest BCUT2D eigenvalue weighted by Gasteiger charge is 2.11. The van der Waals surface area contributed by atoms with Crippen molar-refractivity contribution in [1.82, 2.24) is 16.2 Å². The Morgan fingerprint density at radius 2 is 1.47 bits per heavy atom. The second-order valence-corrected chi connectivity index (χ2v) is 7.71. The van der Waals surface area contributed by atoms with Crippen molar-refractivity contribution >= 4 is 63.1 Å². The Balaban J connectivity index is 1.39. The van der Waals surface area contributed by atoms with Crippen LogP contribution in [0.1, 0.15) is 18.4 Å². The lowest BCUT2D eigenvalue weighted by Crippen LogP contribution is -2.48. The summed E-state index contributed by atoms with van der Waals surface area (Å²) in [6, 6.07) is 20.4. The molecule has 32 heavy (non-hydrogen) atoms. The summed E-state index contributed by atoms with van der Waals surface area (Å²) < 4.78 is 0. The second-order valence-electron chi connectivity index (χ2n) is 6.89. The monoisotopic (exact) mass is 468 g/mol. The van der Waals surface area contributed by atoms with Crippen molar-refractivity contribution < 1.29 is 14.4 Å². The highest BCUT2D eigenvalue weighted by atomic mass is 35.5. The minimum absolute atomic E-state index is 0.0379. The molecule has 3 aromatic rings. The van der Waals surface area contributed by atoms with Crippen LogP contribution < -0.4 is 21.5 Å². The van der Waals surface area contributed by atoms with Crippen molar-refractivity contribution in [3.8, 4) is 0 Å². The van der Waals surface area contributed by atoms with Crippen LogP contribution in [0.25, 0.3) is 10.8 Å². The van der Waals surface area contributed by atoms with Gasteiger partial charge in [-0.05, 0) is 40.7 Å². The first-order chi connectivity index (χ1) is 15.4. The number of halogens is 1. The van der Waals surface area contributed by atoms with Crippen LogP contribution in [-0.2, 0) is 20.8 Å². The summed E-state index contributed by atoms with van der Waals surface area (Å²) in [7, 11) is 0. The molecule has 0 saturated heterocycles. The first kappa shape index (κ1) is 23.2. The Kier molecular flexibility index (Phi) is 8.13. The third-order valence-corrected chi connectivity index (χ3v) is 5.06. The molecule has 9 heteroatoms. The molecule has 0 radical (unpaired) electrons. The van der Waals surface area contributed by atoms with Gasteiger partial charge >= 0.3 is 0 Å². The molecule has 3 amide bonds. The molecule has 0 aromatic heterocycles. The molecule has 0 aliphatic heterocycles. The van der Waals surface area contributed by atoms with Crippen LogP contribution in [0.3, 0.4) is 0 Å². The molecule has 0 saturated carbocycles. The number of hydrazine groups is 1. The van der Waals surface area contributed by atoms with Gasteiger partial charge in [0.1, 0.15) is 0 Å². The molecule has 0 atom stereocenters. The van der Waals surface area contributed by atoms with Gasteiger partial charge in [-0.1, -0.05) is 66.2 Å². The fourth-order valence-corrected chi connectivity index (χ4v) is 3.36. The van der Waals surface area contributed by atoms with Gasteiger partial charge in [0.25, 0.3) is 0 Å². The number of hydrogen-bond donors (Lipinski definition) is 4. The molecule has 0 aliphatic carbocycles. The summed E-state index contributed by atoms with van der Waals surface area (Å²) in [5, 5.41) is 7.58. The van der Waals surface area contributed by atoms with E-state index in [9.17, 15) is 14.4 Å². The van der Waals surface area contributed by atoms with Crippen molar-refractivity contribution in [2.24, 2.45) is 0 Å². The van der Waals surface area contributed by atoms with E-state index >= 15 is 0 Å². The number of hydrogen-bond acceptors (Lipinski definition) is 4. The van der Waals surface area contributed by atoms with Crippen LogP contribution in [0.4, 0.5) is 5.69 Å². The summed E-state index contributed by atoms with van der Waals surface area (Å²) in [5.41, 5.74) is 6.18. The van der Waals surface area contributed by atoms with Gasteiger partial charge in [-0.25, -0.2) is 0 Å². The zero-order valence-electron chi connectivity index (χ0n) is 17.0. The molecule has 0 aliphatic rings. The average Bonchev–Trinajstić information content (AvgIpc) is 2.78. The largest absolute Gasteiger partial charge is 0.325 e. The van der Waals surface area contributed by atoms with Gasteiger partial charge in [0, 0.05) is 12.8 Å². The predicted molar refractivity (Wildman–Crippen MR) is 129 cm³/mol. The van der Waals surface area contributed by atoms with Crippen molar-refractivity contribution in [3.63, 3.8) is 0 Å². The lowest BCUT2D eigenvalue weighted by atomic mass is 10.0. The molecule has 0 bridgehead atoms. The summed E-state index contributed by atoms with van der Waals surface area (Å²) in [6.45, 7) is 0. The third kappa shape index (κ3) is 6.76. The van der Waals surface area contributed by atoms with Gasteiger partial charge in [-0.2, -0.15) is 0 Å². The molecule has 164 valence electrons. The highest BCUT2D eigenvalue weighted by molar-refractivity contribution is 7.80. The van der Waals surface area contributed by atoms with E-state index in [4.69, 9.17) is 23.8 Å². The molecule has 7 nitrogen and oxygen atoms in total. The first-order valence-electron chi connectivity index (χ1n) is 9.82. The SMILES string of the molecule is O=C(CCC(=O)Nc1ccccc1Cl)NNC(=S)NC(=O)Cc1cccc2ccccc12. The third-order valence-electron chi connectivity index (χ3n) is 4.53. The van der Waals surface area contributed by atoms with Gasteiger partial charge in [-0.15, -0.1) is 0 Å². The maximum absolute atomic E-state index is 12.3. The normalized spacial score (nSPS) is 10.3. The smallest absolute Gasteiger partial charge is 0.238 e. The average molecular weight is 469 g/mol. The Morgan fingerprint density at radius 3 is 2.28 bits per heavy atom. The number of thiocarbonyl (C=S) groups is 1. The van der Waals surface area contributed by atoms with Gasteiger partial charge < -0.3 is 10.6 Å². The molecule has 0 unspecified atom stereocenters. The zero-order chi connectivity index (χ0) is 22.9. The molecule has 3 aromatic carbocycles. The molecular formula is C23H21ClN4O3S. The molecule has 0 spiro atoms. The van der Waals surface area contributed by atoms with Crippen molar-refractivity contribution in [2.75, 3.05) is 5.32 Å². The number of fused-ring (bicyclic) bond motifs is 1. The number of carbonyl (C=O) groups is 3. The predicted octanol–water partition coefficient (Wildman–Crippen LogP) is 3.48. The zero-order valence-corrected chi connectivity index (χ0v) is 18.6. The fraction of sp³-hybridized carbons (Fsp3) is 0.130. The van der Waals surface area contributed by atoms with E-state index in [1.165, 1.54) is 0 Å². The summed E-state index contributed by atoms with van der Waals surface area (Å²) in [6.07, 6.45) is 0.0220. The lowest BCUT2D eigenvalue weighted by molar-refractivity contribution is -0.124. The standard InChI is InChI=1S/C23H21ClN4O3S/c24-18-10-3-4-11-19(18)25-20(29)12-13-21(30)27-28-23(32)26-22(31)14-16-8-5-7-15-6-1-2-9-17(15)16/h1-11H,12-14H2,(H,25,29)(H,27,30)(H2,26,28,31,32). The maximum atomic E-state index is 12.3. The number of carbonyl (C=O) groups excluding carboxylic acids is 3. The lowest BCUT2D eigenvalue weighted by Gasteiger charge is -2.12. The van der Waals surface area contributed by atoms with Crippen LogP contribution >= 0.6 is 23.8 Å². The quantitative estimate of drug-likeness (QED) is 0.328.